The molecule has 0 aliphatic heterocycles. The molecule has 0 heterocycles. The van der Waals surface area contributed by atoms with E-state index in [1.165, 1.54) is 15.6 Å². The third-order valence-electron chi connectivity index (χ3n) is 4.84. The number of benzene rings is 3. The first-order valence-electron chi connectivity index (χ1n) is 10.3. The Labute approximate surface area is 181 Å². The van der Waals surface area contributed by atoms with Gasteiger partial charge in [0.15, 0.2) is 6.61 Å². The molecule has 0 fully saturated rings. The van der Waals surface area contributed by atoms with Crippen LogP contribution < -0.4 is 20.3 Å². The lowest BCUT2D eigenvalue weighted by Crippen LogP contribution is -2.52. The van der Waals surface area contributed by atoms with Gasteiger partial charge >= 0.3 is 5.97 Å². The van der Waals surface area contributed by atoms with E-state index in [-0.39, 0.29) is 12.6 Å². The minimum atomic E-state index is -1.60. The number of ether oxygens (including phenoxy) is 2. The lowest BCUT2D eigenvalue weighted by molar-refractivity contribution is -0.157. The fourth-order valence-corrected chi connectivity index (χ4v) is 6.95. The fourth-order valence-electron chi connectivity index (χ4n) is 3.75. The Hall–Kier alpha value is -2.85. The highest BCUT2D eigenvalue weighted by Gasteiger charge is 2.21. The van der Waals surface area contributed by atoms with Crippen LogP contribution in [0.4, 0.5) is 0 Å². The minimum Gasteiger partial charge on any atom is -0.481 e. The van der Waals surface area contributed by atoms with Crippen LogP contribution in [0.2, 0.25) is 0 Å². The zero-order valence-corrected chi connectivity index (χ0v) is 19.6. The molecule has 0 spiro atoms. The number of carbonyl (C=O) groups is 1. The Balaban J connectivity index is 1.91. The van der Waals surface area contributed by atoms with Gasteiger partial charge in [-0.1, -0.05) is 88.4 Å². The smallest absolute Gasteiger partial charge is 0.344 e. The molecule has 0 amide bonds. The third kappa shape index (κ3) is 5.60. The van der Waals surface area contributed by atoms with E-state index in [4.69, 9.17) is 9.47 Å². The van der Waals surface area contributed by atoms with Crippen molar-refractivity contribution in [2.75, 3.05) is 6.61 Å². The number of esters is 1. The maximum atomic E-state index is 12.1. The zero-order valence-electron chi connectivity index (χ0n) is 18.4. The molecule has 0 aromatic heterocycles. The molecule has 0 bridgehead atoms. The molecule has 156 valence electrons. The van der Waals surface area contributed by atoms with E-state index in [9.17, 15) is 4.79 Å². The quantitative estimate of drug-likeness (QED) is 0.350. The summed E-state index contributed by atoms with van der Waals surface area (Å²) in [5, 5.41) is 4.10. The maximum absolute atomic E-state index is 12.1. The number of hydrogen-bond donors (Lipinski definition) is 0. The Kier molecular flexibility index (Phi) is 6.78. The van der Waals surface area contributed by atoms with Gasteiger partial charge in [0.05, 0.1) is 0 Å². The van der Waals surface area contributed by atoms with Crippen LogP contribution >= 0.6 is 0 Å². The number of aryl methyl sites for hydroxylation is 2. The summed E-state index contributed by atoms with van der Waals surface area (Å²) in [7, 11) is -1.60. The summed E-state index contributed by atoms with van der Waals surface area (Å²) in [6, 6.07) is 25.9. The van der Waals surface area contributed by atoms with E-state index in [0.717, 1.165) is 16.9 Å². The molecule has 0 atom stereocenters. The van der Waals surface area contributed by atoms with Crippen LogP contribution in [0.5, 0.6) is 5.75 Å². The molecule has 0 saturated heterocycles. The predicted molar refractivity (Wildman–Crippen MR) is 126 cm³/mol. The molecular formula is C26H30O3Si. The normalized spacial score (nSPS) is 11.4. The van der Waals surface area contributed by atoms with Crippen LogP contribution in [0, 0.1) is 13.8 Å². The highest BCUT2D eigenvalue weighted by Crippen LogP contribution is 2.22. The third-order valence-corrected chi connectivity index (χ3v) is 7.94. The Morgan fingerprint density at radius 1 is 0.800 bits per heavy atom. The van der Waals surface area contributed by atoms with E-state index in [2.05, 4.69) is 72.8 Å². The van der Waals surface area contributed by atoms with E-state index < -0.39 is 14.4 Å². The molecule has 3 aromatic carbocycles. The highest BCUT2D eigenvalue weighted by molar-refractivity contribution is 6.95. The van der Waals surface area contributed by atoms with Crippen molar-refractivity contribution >= 4 is 30.3 Å². The van der Waals surface area contributed by atoms with Crippen LogP contribution in [0.3, 0.4) is 0 Å². The molecule has 3 nitrogen and oxygen atoms in total. The van der Waals surface area contributed by atoms with Crippen molar-refractivity contribution in [1.29, 1.82) is 0 Å². The summed E-state index contributed by atoms with van der Waals surface area (Å²) in [4.78, 5) is 12.1. The SMILES string of the molecule is Cc1cc([SiH](c2ccccc2)c2ccccc2)cc(C)c1OCC(=O)OC(C)(C)C. The lowest BCUT2D eigenvalue weighted by atomic mass is 10.1. The largest absolute Gasteiger partial charge is 0.481 e. The number of hydrogen-bond acceptors (Lipinski definition) is 3. The first-order chi connectivity index (χ1) is 14.2. The van der Waals surface area contributed by atoms with Crippen molar-refractivity contribution in [3.05, 3.63) is 83.9 Å². The lowest BCUT2D eigenvalue weighted by Gasteiger charge is -2.22. The van der Waals surface area contributed by atoms with Gasteiger partial charge in [-0.05, 0) is 45.7 Å². The first-order valence-corrected chi connectivity index (χ1v) is 12.0. The highest BCUT2D eigenvalue weighted by atomic mass is 28.3. The van der Waals surface area contributed by atoms with Gasteiger partial charge in [-0.3, -0.25) is 0 Å². The van der Waals surface area contributed by atoms with Crippen molar-refractivity contribution in [2.45, 2.75) is 40.2 Å². The molecule has 0 unspecified atom stereocenters. The summed E-state index contributed by atoms with van der Waals surface area (Å²) in [6.07, 6.45) is 0. The van der Waals surface area contributed by atoms with Crippen molar-refractivity contribution in [3.8, 4) is 5.75 Å². The average Bonchev–Trinajstić information content (AvgIpc) is 2.68. The van der Waals surface area contributed by atoms with Crippen molar-refractivity contribution < 1.29 is 14.3 Å². The summed E-state index contributed by atoms with van der Waals surface area (Å²) in [5.74, 6) is 0.407. The van der Waals surface area contributed by atoms with E-state index in [0.29, 0.717) is 0 Å². The molecule has 3 aromatic rings. The van der Waals surface area contributed by atoms with Crippen LogP contribution in [-0.4, -0.2) is 27.0 Å². The van der Waals surface area contributed by atoms with Crippen molar-refractivity contribution in [2.24, 2.45) is 0 Å². The average molecular weight is 419 g/mol. The number of rotatable bonds is 6. The molecule has 0 aliphatic carbocycles. The Bertz CT molecular complexity index is 929. The standard InChI is InChI=1S/C26H30O3Si/c1-19-16-23(17-20(2)25(19)28-18-24(27)29-26(3,4)5)30(21-12-8-6-9-13-21)22-14-10-7-11-15-22/h6-17,30H,18H2,1-5H3. The van der Waals surface area contributed by atoms with E-state index >= 15 is 0 Å². The van der Waals surface area contributed by atoms with Crippen molar-refractivity contribution in [3.63, 3.8) is 0 Å². The van der Waals surface area contributed by atoms with Gasteiger partial charge in [0.1, 0.15) is 20.1 Å². The van der Waals surface area contributed by atoms with Crippen LogP contribution in [0.1, 0.15) is 31.9 Å². The molecule has 4 heteroatoms. The zero-order chi connectivity index (χ0) is 21.7. The Morgan fingerprint density at radius 2 is 1.27 bits per heavy atom. The summed E-state index contributed by atoms with van der Waals surface area (Å²) >= 11 is 0. The molecule has 0 N–H and O–H groups in total. The van der Waals surface area contributed by atoms with Gasteiger partial charge in [-0.2, -0.15) is 0 Å². The number of carbonyl (C=O) groups excluding carboxylic acids is 1. The van der Waals surface area contributed by atoms with E-state index in [1.807, 2.05) is 34.6 Å². The first kappa shape index (κ1) is 21.8. The summed E-state index contributed by atoms with van der Waals surface area (Å²) in [5.41, 5.74) is 1.56. The fraction of sp³-hybridized carbons (Fsp3) is 0.269. The van der Waals surface area contributed by atoms with Crippen LogP contribution in [0.15, 0.2) is 72.8 Å². The molecule has 3 rings (SSSR count). The van der Waals surface area contributed by atoms with Crippen LogP contribution in [0.25, 0.3) is 0 Å². The van der Waals surface area contributed by atoms with Gasteiger partial charge in [0.25, 0.3) is 0 Å². The predicted octanol–water partition coefficient (Wildman–Crippen LogP) is 3.27. The van der Waals surface area contributed by atoms with Gasteiger partial charge in [-0.15, -0.1) is 0 Å². The van der Waals surface area contributed by atoms with Crippen LogP contribution in [-0.2, 0) is 9.53 Å². The summed E-state index contributed by atoms with van der Waals surface area (Å²) < 4.78 is 11.2. The summed E-state index contributed by atoms with van der Waals surface area (Å²) in [6.45, 7) is 9.57. The molecule has 0 saturated carbocycles. The second-order valence-electron chi connectivity index (χ2n) is 8.61. The topological polar surface area (TPSA) is 35.5 Å². The van der Waals surface area contributed by atoms with Crippen molar-refractivity contribution in [1.82, 2.24) is 0 Å². The van der Waals surface area contributed by atoms with E-state index in [1.54, 1.807) is 0 Å². The van der Waals surface area contributed by atoms with Gasteiger partial charge in [0, 0.05) is 0 Å². The van der Waals surface area contributed by atoms with Gasteiger partial charge < -0.3 is 9.47 Å². The molecule has 0 radical (unpaired) electrons. The second kappa shape index (κ2) is 9.31. The van der Waals surface area contributed by atoms with Gasteiger partial charge in [-0.25, -0.2) is 4.79 Å². The molecule has 0 aliphatic rings. The molecular weight excluding hydrogens is 388 g/mol. The monoisotopic (exact) mass is 418 g/mol. The van der Waals surface area contributed by atoms with Gasteiger partial charge in [0.2, 0.25) is 0 Å². The Morgan fingerprint density at radius 3 is 1.70 bits per heavy atom. The minimum absolute atomic E-state index is 0.0868. The molecule has 30 heavy (non-hydrogen) atoms. The maximum Gasteiger partial charge on any atom is 0.344 e. The second-order valence-corrected chi connectivity index (χ2v) is 11.5.